The van der Waals surface area contributed by atoms with Gasteiger partial charge in [0.25, 0.3) is 0 Å². The Hall–Kier alpha value is -2.23. The number of pyridine rings is 1. The van der Waals surface area contributed by atoms with Crippen LogP contribution in [0.5, 0.6) is 0 Å². The molecule has 0 aromatic carbocycles. The summed E-state index contributed by atoms with van der Waals surface area (Å²) < 4.78 is 5.45. The number of aryl methyl sites for hydroxylation is 1. The summed E-state index contributed by atoms with van der Waals surface area (Å²) in [5, 5.41) is 3.16. The molecule has 0 saturated carbocycles. The molecule has 86 valence electrons. The third-order valence-corrected chi connectivity index (χ3v) is 2.75. The lowest BCUT2D eigenvalue weighted by Crippen LogP contribution is -2.20. The fraction of sp³-hybridized carbons (Fsp3) is 0.154. The first-order chi connectivity index (χ1) is 8.34. The van der Waals surface area contributed by atoms with Gasteiger partial charge in [-0.3, -0.25) is 4.98 Å². The maximum Gasteiger partial charge on any atom is 0.137 e. The Labute approximate surface area is 99.6 Å². The SMILES string of the molecule is Cc1cc(N2C=CNC2)c(-c2ccco2)cn1. The predicted octanol–water partition coefficient (Wildman–Crippen LogP) is 2.49. The van der Waals surface area contributed by atoms with Gasteiger partial charge in [0.05, 0.1) is 24.2 Å². The molecule has 2 aromatic heterocycles. The minimum Gasteiger partial charge on any atom is -0.464 e. The van der Waals surface area contributed by atoms with Crippen LogP contribution < -0.4 is 10.2 Å². The lowest BCUT2D eigenvalue weighted by atomic mass is 10.1. The van der Waals surface area contributed by atoms with Crippen LogP contribution in [0.25, 0.3) is 11.3 Å². The van der Waals surface area contributed by atoms with E-state index in [-0.39, 0.29) is 0 Å². The number of rotatable bonds is 2. The van der Waals surface area contributed by atoms with Crippen LogP contribution in [0.2, 0.25) is 0 Å². The first-order valence-electron chi connectivity index (χ1n) is 5.52. The average molecular weight is 227 g/mol. The summed E-state index contributed by atoms with van der Waals surface area (Å²) in [5.41, 5.74) is 3.11. The molecule has 0 bridgehead atoms. The Balaban J connectivity index is 2.11. The zero-order chi connectivity index (χ0) is 11.7. The summed E-state index contributed by atoms with van der Waals surface area (Å²) >= 11 is 0. The fourth-order valence-corrected chi connectivity index (χ4v) is 1.92. The minimum atomic E-state index is 0.775. The molecule has 4 nitrogen and oxygen atoms in total. The molecule has 2 aromatic rings. The molecule has 0 atom stereocenters. The zero-order valence-corrected chi connectivity index (χ0v) is 9.55. The van der Waals surface area contributed by atoms with E-state index in [9.17, 15) is 0 Å². The predicted molar refractivity (Wildman–Crippen MR) is 66.3 cm³/mol. The van der Waals surface area contributed by atoms with Crippen molar-refractivity contribution < 1.29 is 4.42 Å². The lowest BCUT2D eigenvalue weighted by molar-refractivity contribution is 0.582. The van der Waals surface area contributed by atoms with Crippen molar-refractivity contribution in [3.8, 4) is 11.3 Å². The van der Waals surface area contributed by atoms with Crippen LogP contribution in [0.15, 0.2) is 47.5 Å². The van der Waals surface area contributed by atoms with Gasteiger partial charge in [-0.1, -0.05) is 0 Å². The third kappa shape index (κ3) is 1.78. The number of nitrogens with zero attached hydrogens (tertiary/aromatic N) is 2. The first kappa shape index (κ1) is 9.96. The van der Waals surface area contributed by atoms with Gasteiger partial charge >= 0.3 is 0 Å². The van der Waals surface area contributed by atoms with Crippen molar-refractivity contribution in [3.63, 3.8) is 0 Å². The zero-order valence-electron chi connectivity index (χ0n) is 9.55. The Bertz CT molecular complexity index is 546. The van der Waals surface area contributed by atoms with E-state index in [1.54, 1.807) is 6.26 Å². The van der Waals surface area contributed by atoms with Gasteiger partial charge in [0, 0.05) is 24.3 Å². The van der Waals surface area contributed by atoms with Crippen LogP contribution >= 0.6 is 0 Å². The molecule has 0 radical (unpaired) electrons. The minimum absolute atomic E-state index is 0.775. The number of nitrogens with one attached hydrogen (secondary N) is 1. The van der Waals surface area contributed by atoms with Gasteiger partial charge < -0.3 is 14.6 Å². The van der Waals surface area contributed by atoms with Crippen molar-refractivity contribution in [3.05, 3.63) is 48.8 Å². The molecule has 0 aliphatic carbocycles. The maximum atomic E-state index is 5.45. The van der Waals surface area contributed by atoms with Crippen LogP contribution in [-0.2, 0) is 0 Å². The van der Waals surface area contributed by atoms with Crippen LogP contribution in [0.3, 0.4) is 0 Å². The molecule has 1 N–H and O–H groups in total. The molecular formula is C13H13N3O. The molecule has 0 spiro atoms. The van der Waals surface area contributed by atoms with Gasteiger partial charge in [0.1, 0.15) is 5.76 Å². The van der Waals surface area contributed by atoms with Gasteiger partial charge in [0.15, 0.2) is 0 Å². The largest absolute Gasteiger partial charge is 0.464 e. The van der Waals surface area contributed by atoms with Crippen molar-refractivity contribution in [2.75, 3.05) is 11.6 Å². The lowest BCUT2D eigenvalue weighted by Gasteiger charge is -2.18. The quantitative estimate of drug-likeness (QED) is 0.855. The number of hydrogen-bond acceptors (Lipinski definition) is 4. The molecule has 0 amide bonds. The maximum absolute atomic E-state index is 5.45. The second-order valence-electron chi connectivity index (χ2n) is 3.97. The van der Waals surface area contributed by atoms with Gasteiger partial charge in [-0.25, -0.2) is 0 Å². The van der Waals surface area contributed by atoms with Crippen molar-refractivity contribution in [2.24, 2.45) is 0 Å². The summed E-state index contributed by atoms with van der Waals surface area (Å²) in [6, 6.07) is 5.90. The van der Waals surface area contributed by atoms with Gasteiger partial charge in [-0.05, 0) is 25.1 Å². The van der Waals surface area contributed by atoms with Crippen LogP contribution in [0.4, 0.5) is 5.69 Å². The Morgan fingerprint density at radius 1 is 1.47 bits per heavy atom. The average Bonchev–Trinajstić information content (AvgIpc) is 3.02. The third-order valence-electron chi connectivity index (χ3n) is 2.75. The molecule has 17 heavy (non-hydrogen) atoms. The second kappa shape index (κ2) is 3.97. The van der Waals surface area contributed by atoms with Crippen molar-refractivity contribution >= 4 is 5.69 Å². The van der Waals surface area contributed by atoms with E-state index in [0.29, 0.717) is 0 Å². The van der Waals surface area contributed by atoms with Crippen molar-refractivity contribution in [1.82, 2.24) is 10.3 Å². The van der Waals surface area contributed by atoms with E-state index in [4.69, 9.17) is 4.42 Å². The summed E-state index contributed by atoms with van der Waals surface area (Å²) in [6.07, 6.45) is 7.48. The molecule has 0 saturated heterocycles. The second-order valence-corrected chi connectivity index (χ2v) is 3.97. The highest BCUT2D eigenvalue weighted by atomic mass is 16.3. The van der Waals surface area contributed by atoms with Gasteiger partial charge in [0.2, 0.25) is 0 Å². The molecule has 4 heteroatoms. The Morgan fingerprint density at radius 3 is 3.12 bits per heavy atom. The molecule has 0 unspecified atom stereocenters. The number of aromatic nitrogens is 1. The van der Waals surface area contributed by atoms with Crippen LogP contribution in [0, 0.1) is 6.92 Å². The monoisotopic (exact) mass is 227 g/mol. The fourth-order valence-electron chi connectivity index (χ4n) is 1.92. The van der Waals surface area contributed by atoms with E-state index >= 15 is 0 Å². The number of furan rings is 1. The summed E-state index contributed by atoms with van der Waals surface area (Å²) in [5.74, 6) is 0.841. The summed E-state index contributed by atoms with van der Waals surface area (Å²) in [4.78, 5) is 6.47. The van der Waals surface area contributed by atoms with E-state index in [2.05, 4.69) is 21.3 Å². The van der Waals surface area contributed by atoms with E-state index < -0.39 is 0 Å². The molecule has 0 fully saturated rings. The highest BCUT2D eigenvalue weighted by Crippen LogP contribution is 2.31. The highest BCUT2D eigenvalue weighted by Gasteiger charge is 2.15. The van der Waals surface area contributed by atoms with Gasteiger partial charge in [-0.2, -0.15) is 0 Å². The topological polar surface area (TPSA) is 41.3 Å². The molecular weight excluding hydrogens is 214 g/mol. The molecule has 1 aliphatic heterocycles. The number of hydrogen-bond donors (Lipinski definition) is 1. The van der Waals surface area contributed by atoms with Crippen molar-refractivity contribution in [1.29, 1.82) is 0 Å². The highest BCUT2D eigenvalue weighted by molar-refractivity contribution is 5.76. The summed E-state index contributed by atoms with van der Waals surface area (Å²) in [7, 11) is 0. The number of anilines is 1. The smallest absolute Gasteiger partial charge is 0.137 e. The normalized spacial score (nSPS) is 14.1. The molecule has 3 heterocycles. The molecule has 3 rings (SSSR count). The van der Waals surface area contributed by atoms with Crippen LogP contribution in [-0.4, -0.2) is 11.7 Å². The van der Waals surface area contributed by atoms with Crippen molar-refractivity contribution in [2.45, 2.75) is 6.92 Å². The summed E-state index contributed by atoms with van der Waals surface area (Å²) in [6.45, 7) is 2.76. The van der Waals surface area contributed by atoms with E-state index in [1.807, 2.05) is 37.7 Å². The standard InChI is InChI=1S/C13H13N3O/c1-10-7-12(16-5-4-14-9-16)11(8-15-10)13-3-2-6-17-13/h2-8,14H,9H2,1H3. The van der Waals surface area contributed by atoms with Crippen LogP contribution in [0.1, 0.15) is 5.69 Å². The van der Waals surface area contributed by atoms with E-state index in [0.717, 1.165) is 29.4 Å². The van der Waals surface area contributed by atoms with Gasteiger partial charge in [-0.15, -0.1) is 0 Å². The van der Waals surface area contributed by atoms with E-state index in [1.165, 1.54) is 0 Å². The first-order valence-corrected chi connectivity index (χ1v) is 5.52. The molecule has 1 aliphatic rings. The Morgan fingerprint density at radius 2 is 2.41 bits per heavy atom. The Kier molecular flexibility index (Phi) is 2.33.